The summed E-state index contributed by atoms with van der Waals surface area (Å²) in [5, 5.41) is 34.3. The molecule has 5 aromatic rings. The largest absolute Gasteiger partial charge is 0.492 e. The number of hydrogen-bond donors (Lipinski definition) is 4. The fraction of sp³-hybridized carbons (Fsp3) is 0.250. The van der Waals surface area contributed by atoms with Gasteiger partial charge >= 0.3 is 5.97 Å². The number of anilines is 1. The molecule has 2 atom stereocenters. The normalized spacial score (nSPS) is 11.5. The second kappa shape index (κ2) is 22.7. The van der Waals surface area contributed by atoms with Gasteiger partial charge in [0.25, 0.3) is 0 Å². The molecule has 3 aromatic carbocycles. The van der Waals surface area contributed by atoms with E-state index in [0.717, 1.165) is 21.8 Å². The van der Waals surface area contributed by atoms with Crippen LogP contribution in [-0.2, 0) is 21.8 Å². The van der Waals surface area contributed by atoms with Crippen LogP contribution in [0.4, 0.5) is 5.82 Å². The van der Waals surface area contributed by atoms with E-state index in [1.54, 1.807) is 36.4 Å². The Kier molecular flexibility index (Phi) is 18.5. The minimum absolute atomic E-state index is 0. The van der Waals surface area contributed by atoms with Gasteiger partial charge in [0, 0.05) is 33.7 Å². The Morgan fingerprint density at radius 1 is 0.947 bits per heavy atom. The highest BCUT2D eigenvalue weighted by Gasteiger charge is 2.32. The minimum atomic E-state index is -1.17. The number of rotatable bonds is 18. The molecule has 298 valence electrons. The van der Waals surface area contributed by atoms with Crippen molar-refractivity contribution in [2.24, 2.45) is 11.5 Å². The molecule has 7 N–H and O–H groups in total. The van der Waals surface area contributed by atoms with Gasteiger partial charge in [0.2, 0.25) is 5.91 Å². The van der Waals surface area contributed by atoms with Crippen molar-refractivity contribution >= 4 is 77.2 Å². The number of nitrogens with two attached hydrogens (primary N) is 3. The molecule has 0 aliphatic rings. The molecule has 0 aliphatic heterocycles. The molecular formula is C40H41Cl3N8O4S2. The number of thioether (sulfide) groups is 1. The van der Waals surface area contributed by atoms with Crippen LogP contribution in [0.1, 0.15) is 41.6 Å². The second-order valence-corrected chi connectivity index (χ2v) is 14.7. The van der Waals surface area contributed by atoms with E-state index < -0.39 is 24.0 Å². The van der Waals surface area contributed by atoms with Gasteiger partial charge in [-0.05, 0) is 54.8 Å². The Labute approximate surface area is 356 Å². The first-order valence-corrected chi connectivity index (χ1v) is 19.6. The SMILES string of the molecule is Cl.Cl.N#Cc1c(N)nc(SCc2csc(-c3ccc(Cl)cc3)n2)c(C#N)c1-c1ccc(OCCN(C(=O)[C@@H](N)CCCCN)[C@@H](Cc2ccccc2)C(=O)O)cc1. The Balaban J connectivity index is 0.00000435. The summed E-state index contributed by atoms with van der Waals surface area (Å²) < 4.78 is 6.00. The van der Waals surface area contributed by atoms with E-state index in [-0.39, 0.29) is 61.3 Å². The van der Waals surface area contributed by atoms with E-state index in [1.807, 2.05) is 47.8 Å². The number of ether oxygens (including phenoxy) is 1. The van der Waals surface area contributed by atoms with Gasteiger partial charge in [0.15, 0.2) is 0 Å². The monoisotopic (exact) mass is 866 g/mol. The maximum Gasteiger partial charge on any atom is 0.326 e. The molecule has 0 aliphatic carbocycles. The first kappa shape index (κ1) is 46.5. The third-order valence-corrected chi connectivity index (χ3v) is 10.9. The zero-order valence-electron chi connectivity index (χ0n) is 30.5. The van der Waals surface area contributed by atoms with E-state index >= 15 is 0 Å². The van der Waals surface area contributed by atoms with Gasteiger partial charge in [-0.3, -0.25) is 4.79 Å². The fourth-order valence-corrected chi connectivity index (χ4v) is 7.79. The summed E-state index contributed by atoms with van der Waals surface area (Å²) in [7, 11) is 0. The second-order valence-electron chi connectivity index (χ2n) is 12.4. The molecule has 2 aromatic heterocycles. The molecule has 17 heteroatoms. The van der Waals surface area contributed by atoms with Gasteiger partial charge in [-0.2, -0.15) is 10.5 Å². The van der Waals surface area contributed by atoms with Gasteiger partial charge in [-0.25, -0.2) is 14.8 Å². The zero-order chi connectivity index (χ0) is 39.3. The Hall–Kier alpha value is -4.90. The van der Waals surface area contributed by atoms with E-state index in [4.69, 9.17) is 38.5 Å². The quantitative estimate of drug-likeness (QED) is 0.0502. The number of aromatic nitrogens is 2. The lowest BCUT2D eigenvalue weighted by Crippen LogP contribution is -2.53. The van der Waals surface area contributed by atoms with Gasteiger partial charge < -0.3 is 31.9 Å². The first-order valence-electron chi connectivity index (χ1n) is 17.4. The number of nitrogens with zero attached hydrogens (tertiary/aromatic N) is 5. The number of carbonyl (C=O) groups excluding carboxylic acids is 1. The number of amides is 1. The predicted molar refractivity (Wildman–Crippen MR) is 230 cm³/mol. The number of nitrogen functional groups attached to an aromatic ring is 1. The van der Waals surface area contributed by atoms with Gasteiger partial charge in [-0.1, -0.05) is 84.4 Å². The van der Waals surface area contributed by atoms with Crippen LogP contribution in [0, 0.1) is 22.7 Å². The van der Waals surface area contributed by atoms with Crippen LogP contribution in [0.5, 0.6) is 5.75 Å². The van der Waals surface area contributed by atoms with Crippen molar-refractivity contribution < 1.29 is 19.4 Å². The average Bonchev–Trinajstić information content (AvgIpc) is 3.67. The fourth-order valence-electron chi connectivity index (χ4n) is 5.84. The van der Waals surface area contributed by atoms with Crippen LogP contribution in [0.15, 0.2) is 89.3 Å². The molecule has 0 bridgehead atoms. The first-order chi connectivity index (χ1) is 26.6. The van der Waals surface area contributed by atoms with Crippen molar-refractivity contribution in [3.63, 3.8) is 0 Å². The molecule has 0 radical (unpaired) electrons. The zero-order valence-corrected chi connectivity index (χ0v) is 34.6. The molecule has 0 unspecified atom stereocenters. The van der Waals surface area contributed by atoms with Crippen molar-refractivity contribution in [2.45, 2.75) is 48.5 Å². The predicted octanol–water partition coefficient (Wildman–Crippen LogP) is 7.35. The van der Waals surface area contributed by atoms with E-state index in [9.17, 15) is 25.2 Å². The summed E-state index contributed by atoms with van der Waals surface area (Å²) in [5.41, 5.74) is 21.8. The number of halogens is 3. The summed E-state index contributed by atoms with van der Waals surface area (Å²) in [6.45, 7) is 0.410. The molecule has 1 amide bonds. The van der Waals surface area contributed by atoms with Gasteiger partial charge in [0.05, 0.1) is 23.8 Å². The number of nitriles is 2. The van der Waals surface area contributed by atoms with Crippen LogP contribution in [0.25, 0.3) is 21.7 Å². The maximum absolute atomic E-state index is 13.6. The highest BCUT2D eigenvalue weighted by Crippen LogP contribution is 2.37. The Morgan fingerprint density at radius 3 is 2.25 bits per heavy atom. The number of benzene rings is 3. The summed E-state index contributed by atoms with van der Waals surface area (Å²) in [4.78, 5) is 36.5. The third-order valence-electron chi connectivity index (χ3n) is 8.66. The molecule has 0 saturated carbocycles. The van der Waals surface area contributed by atoms with Crippen LogP contribution in [0.2, 0.25) is 5.02 Å². The smallest absolute Gasteiger partial charge is 0.326 e. The molecule has 57 heavy (non-hydrogen) atoms. The number of thiazole rings is 1. The average molecular weight is 868 g/mol. The van der Waals surface area contributed by atoms with E-state index in [1.165, 1.54) is 28.0 Å². The molecule has 12 nitrogen and oxygen atoms in total. The number of carbonyl (C=O) groups is 2. The third kappa shape index (κ3) is 12.3. The number of pyridine rings is 1. The van der Waals surface area contributed by atoms with E-state index in [2.05, 4.69) is 17.1 Å². The summed E-state index contributed by atoms with van der Waals surface area (Å²) in [6, 6.07) is 25.5. The van der Waals surface area contributed by atoms with Crippen LogP contribution in [-0.4, -0.2) is 63.6 Å². The van der Waals surface area contributed by atoms with Crippen molar-refractivity contribution in [3.05, 3.63) is 112 Å². The number of unbranched alkanes of at least 4 members (excludes halogenated alkanes) is 1. The highest BCUT2D eigenvalue weighted by molar-refractivity contribution is 7.98. The Bertz CT molecular complexity index is 2180. The van der Waals surface area contributed by atoms with Crippen LogP contribution >= 0.6 is 59.5 Å². The summed E-state index contributed by atoms with van der Waals surface area (Å²) >= 11 is 8.82. The van der Waals surface area contributed by atoms with Crippen molar-refractivity contribution in [2.75, 3.05) is 25.4 Å². The van der Waals surface area contributed by atoms with Gasteiger partial charge in [-0.15, -0.1) is 36.2 Å². The molecule has 2 heterocycles. The van der Waals surface area contributed by atoms with E-state index in [0.29, 0.717) is 58.5 Å². The summed E-state index contributed by atoms with van der Waals surface area (Å²) in [5.74, 6) is -0.801. The number of carboxylic acid groups (broad SMARTS) is 1. The molecule has 5 rings (SSSR count). The molecule has 0 fully saturated rings. The minimum Gasteiger partial charge on any atom is -0.492 e. The Morgan fingerprint density at radius 2 is 1.61 bits per heavy atom. The van der Waals surface area contributed by atoms with Crippen molar-refractivity contribution in [1.29, 1.82) is 10.5 Å². The molecule has 0 spiro atoms. The molecule has 0 saturated heterocycles. The standard InChI is InChI=1S/C40H39ClN8O4S2.2ClH/c41-28-13-9-27(10-14-28)37-47-29(23-54-37)24-55-38-32(22-44)35(31(21-43)36(46)48-38)26-11-15-30(16-12-26)53-19-18-49(39(50)33(45)8-4-5-17-42)34(40(51)52)20-25-6-2-1-3-7-25;;/h1-3,6-7,9-16,23,33-34H,4-5,8,17-20,24,42,45H2,(H2,46,48)(H,51,52);2*1H/t33-,34-;;/m0../s1. The van der Waals surface area contributed by atoms with Crippen LogP contribution < -0.4 is 21.9 Å². The summed E-state index contributed by atoms with van der Waals surface area (Å²) in [6.07, 6.45) is 1.80. The lowest BCUT2D eigenvalue weighted by Gasteiger charge is -2.31. The number of carboxylic acids is 1. The molecular weight excluding hydrogens is 827 g/mol. The maximum atomic E-state index is 13.6. The highest BCUT2D eigenvalue weighted by atomic mass is 35.5. The van der Waals surface area contributed by atoms with Gasteiger partial charge in [0.1, 0.15) is 52.0 Å². The van der Waals surface area contributed by atoms with Crippen LogP contribution in [0.3, 0.4) is 0 Å². The van der Waals surface area contributed by atoms with Crippen molar-refractivity contribution in [3.8, 4) is 39.6 Å². The topological polar surface area (TPSA) is 218 Å². The number of hydrogen-bond acceptors (Lipinski definition) is 12. The van der Waals surface area contributed by atoms with Crippen molar-refractivity contribution in [1.82, 2.24) is 14.9 Å². The number of aliphatic carboxylic acids is 1. The lowest BCUT2D eigenvalue weighted by atomic mass is 9.97. The lowest BCUT2D eigenvalue weighted by molar-refractivity contribution is -0.151.